The molecule has 1 rings (SSSR count). The van der Waals surface area contributed by atoms with Crippen LogP contribution in [0.4, 0.5) is 0 Å². The van der Waals surface area contributed by atoms with E-state index in [4.69, 9.17) is 5.73 Å². The lowest BCUT2D eigenvalue weighted by atomic mass is 10.1. The minimum atomic E-state index is -3.15. The van der Waals surface area contributed by atoms with Gasteiger partial charge in [0.1, 0.15) is 0 Å². The number of sulfone groups is 1. The molecule has 0 radical (unpaired) electrons. The Labute approximate surface area is 102 Å². The molecule has 0 saturated carbocycles. The molecule has 5 heteroatoms. The van der Waals surface area contributed by atoms with E-state index in [9.17, 15) is 13.5 Å². The van der Waals surface area contributed by atoms with Crippen molar-refractivity contribution in [3.63, 3.8) is 0 Å². The Hall–Kier alpha value is -0.910. The van der Waals surface area contributed by atoms with Crippen molar-refractivity contribution >= 4 is 9.84 Å². The first kappa shape index (κ1) is 14.2. The van der Waals surface area contributed by atoms with Gasteiger partial charge >= 0.3 is 0 Å². The van der Waals surface area contributed by atoms with Gasteiger partial charge in [0.15, 0.2) is 9.84 Å². The third-order valence-corrected chi connectivity index (χ3v) is 4.41. The zero-order chi connectivity index (χ0) is 12.9. The van der Waals surface area contributed by atoms with E-state index in [2.05, 4.69) is 0 Å². The zero-order valence-corrected chi connectivity index (χ0v) is 10.8. The van der Waals surface area contributed by atoms with Crippen LogP contribution < -0.4 is 5.73 Å². The van der Waals surface area contributed by atoms with Crippen molar-refractivity contribution in [2.45, 2.75) is 30.8 Å². The van der Waals surface area contributed by atoms with Crippen LogP contribution in [0.1, 0.15) is 18.9 Å². The van der Waals surface area contributed by atoms with Crippen LogP contribution in [0.2, 0.25) is 0 Å². The molecule has 0 spiro atoms. The standard InChI is InChI=1S/C12H19NO3S/c1-2-17(15,16)12-5-3-4-10(8-12)6-7-11(14)9-13/h3-5,8,11,14H,2,6-7,9,13H2,1H3. The van der Waals surface area contributed by atoms with Gasteiger partial charge in [-0.2, -0.15) is 0 Å². The molecule has 17 heavy (non-hydrogen) atoms. The molecule has 0 heterocycles. The second-order valence-electron chi connectivity index (χ2n) is 3.98. The van der Waals surface area contributed by atoms with Crippen LogP contribution in [-0.4, -0.2) is 31.9 Å². The van der Waals surface area contributed by atoms with Crippen molar-refractivity contribution in [3.05, 3.63) is 29.8 Å². The maximum Gasteiger partial charge on any atom is 0.178 e. The molecular formula is C12H19NO3S. The van der Waals surface area contributed by atoms with E-state index in [0.29, 0.717) is 17.7 Å². The van der Waals surface area contributed by atoms with E-state index in [1.807, 2.05) is 6.07 Å². The van der Waals surface area contributed by atoms with Crippen LogP contribution >= 0.6 is 0 Å². The second-order valence-corrected chi connectivity index (χ2v) is 6.26. The number of rotatable bonds is 6. The molecule has 0 fully saturated rings. The summed E-state index contributed by atoms with van der Waals surface area (Å²) in [6.45, 7) is 1.85. The van der Waals surface area contributed by atoms with Gasteiger partial charge in [-0.3, -0.25) is 0 Å². The van der Waals surface area contributed by atoms with E-state index in [1.54, 1.807) is 25.1 Å². The number of aliphatic hydroxyl groups excluding tert-OH is 1. The quantitative estimate of drug-likeness (QED) is 0.787. The van der Waals surface area contributed by atoms with Gasteiger partial charge in [-0.1, -0.05) is 19.1 Å². The van der Waals surface area contributed by atoms with Crippen molar-refractivity contribution < 1.29 is 13.5 Å². The van der Waals surface area contributed by atoms with E-state index < -0.39 is 15.9 Å². The highest BCUT2D eigenvalue weighted by molar-refractivity contribution is 7.91. The summed E-state index contributed by atoms with van der Waals surface area (Å²) in [5.74, 6) is 0.0991. The number of aliphatic hydroxyl groups is 1. The van der Waals surface area contributed by atoms with Gasteiger partial charge in [0, 0.05) is 6.54 Å². The smallest absolute Gasteiger partial charge is 0.178 e. The fourth-order valence-corrected chi connectivity index (χ4v) is 2.46. The van der Waals surface area contributed by atoms with Crippen LogP contribution in [0.15, 0.2) is 29.2 Å². The van der Waals surface area contributed by atoms with Crippen molar-refractivity contribution in [1.82, 2.24) is 0 Å². The molecular weight excluding hydrogens is 238 g/mol. The summed E-state index contributed by atoms with van der Waals surface area (Å²) >= 11 is 0. The minimum absolute atomic E-state index is 0.0991. The van der Waals surface area contributed by atoms with Gasteiger partial charge in [-0.15, -0.1) is 0 Å². The van der Waals surface area contributed by atoms with Gasteiger partial charge in [0.2, 0.25) is 0 Å². The molecule has 0 aliphatic rings. The zero-order valence-electron chi connectivity index (χ0n) is 9.96. The summed E-state index contributed by atoms with van der Waals surface area (Å²) < 4.78 is 23.4. The molecule has 0 aliphatic carbocycles. The fraction of sp³-hybridized carbons (Fsp3) is 0.500. The van der Waals surface area contributed by atoms with Gasteiger partial charge in [-0.05, 0) is 30.5 Å². The van der Waals surface area contributed by atoms with Crippen LogP contribution in [0.5, 0.6) is 0 Å². The van der Waals surface area contributed by atoms with Crippen LogP contribution in [0.3, 0.4) is 0 Å². The first-order chi connectivity index (χ1) is 7.99. The number of hydrogen-bond acceptors (Lipinski definition) is 4. The van der Waals surface area contributed by atoms with Crippen LogP contribution in [-0.2, 0) is 16.3 Å². The maximum absolute atomic E-state index is 11.7. The summed E-state index contributed by atoms with van der Waals surface area (Å²) in [6.07, 6.45) is 0.652. The van der Waals surface area contributed by atoms with Crippen molar-refractivity contribution in [3.8, 4) is 0 Å². The molecule has 1 unspecified atom stereocenters. The minimum Gasteiger partial charge on any atom is -0.392 e. The van der Waals surface area contributed by atoms with Gasteiger partial charge < -0.3 is 10.8 Å². The lowest BCUT2D eigenvalue weighted by Gasteiger charge is -2.08. The number of hydrogen-bond donors (Lipinski definition) is 2. The molecule has 1 atom stereocenters. The Morgan fingerprint density at radius 2 is 2.12 bits per heavy atom. The molecule has 0 aliphatic heterocycles. The Kier molecular flexibility index (Phi) is 5.11. The van der Waals surface area contributed by atoms with E-state index in [1.165, 1.54) is 0 Å². The highest BCUT2D eigenvalue weighted by Crippen LogP contribution is 2.14. The van der Waals surface area contributed by atoms with E-state index in [0.717, 1.165) is 5.56 Å². The maximum atomic E-state index is 11.7. The van der Waals surface area contributed by atoms with Crippen molar-refractivity contribution in [1.29, 1.82) is 0 Å². The van der Waals surface area contributed by atoms with Crippen molar-refractivity contribution in [2.75, 3.05) is 12.3 Å². The lowest BCUT2D eigenvalue weighted by molar-refractivity contribution is 0.173. The SMILES string of the molecule is CCS(=O)(=O)c1cccc(CCC(O)CN)c1. The normalized spacial score (nSPS) is 13.6. The summed E-state index contributed by atoms with van der Waals surface area (Å²) in [6, 6.07) is 6.86. The van der Waals surface area contributed by atoms with Gasteiger partial charge in [-0.25, -0.2) is 8.42 Å². The number of aryl methyl sites for hydroxylation is 1. The molecule has 1 aromatic rings. The molecule has 0 bridgehead atoms. The lowest BCUT2D eigenvalue weighted by Crippen LogP contribution is -2.20. The Morgan fingerprint density at radius 1 is 1.41 bits per heavy atom. The fourth-order valence-electron chi connectivity index (χ4n) is 1.51. The third-order valence-electron chi connectivity index (χ3n) is 2.68. The summed E-state index contributed by atoms with van der Waals surface area (Å²) in [7, 11) is -3.15. The molecule has 1 aromatic carbocycles. The summed E-state index contributed by atoms with van der Waals surface area (Å²) in [5, 5.41) is 9.35. The average Bonchev–Trinajstić information content (AvgIpc) is 2.36. The Morgan fingerprint density at radius 3 is 2.71 bits per heavy atom. The molecule has 4 nitrogen and oxygen atoms in total. The summed E-state index contributed by atoms with van der Waals surface area (Å²) in [5.41, 5.74) is 6.22. The van der Waals surface area contributed by atoms with Crippen molar-refractivity contribution in [2.24, 2.45) is 5.73 Å². The van der Waals surface area contributed by atoms with E-state index >= 15 is 0 Å². The van der Waals surface area contributed by atoms with Gasteiger partial charge in [0.25, 0.3) is 0 Å². The summed E-state index contributed by atoms with van der Waals surface area (Å²) in [4.78, 5) is 0.347. The molecule has 0 aromatic heterocycles. The largest absolute Gasteiger partial charge is 0.392 e. The topological polar surface area (TPSA) is 80.4 Å². The predicted octanol–water partition coefficient (Wildman–Crippen LogP) is 0.732. The number of benzene rings is 1. The van der Waals surface area contributed by atoms with Gasteiger partial charge in [0.05, 0.1) is 16.8 Å². The molecule has 0 saturated heterocycles. The molecule has 0 amide bonds. The highest BCUT2D eigenvalue weighted by Gasteiger charge is 2.11. The highest BCUT2D eigenvalue weighted by atomic mass is 32.2. The van der Waals surface area contributed by atoms with Crippen LogP contribution in [0.25, 0.3) is 0 Å². The average molecular weight is 257 g/mol. The predicted molar refractivity (Wildman–Crippen MR) is 67.6 cm³/mol. The second kappa shape index (κ2) is 6.14. The van der Waals surface area contributed by atoms with E-state index in [-0.39, 0.29) is 12.3 Å². The third kappa shape index (κ3) is 4.11. The van der Waals surface area contributed by atoms with Crippen LogP contribution in [0, 0.1) is 0 Å². The molecule has 3 N–H and O–H groups in total. The first-order valence-electron chi connectivity index (χ1n) is 5.69. The number of nitrogens with two attached hydrogens (primary N) is 1. The Balaban J connectivity index is 2.80. The first-order valence-corrected chi connectivity index (χ1v) is 7.34. The Bertz CT molecular complexity index is 457. The molecule has 96 valence electrons. The monoisotopic (exact) mass is 257 g/mol.